The van der Waals surface area contributed by atoms with E-state index in [1.165, 1.54) is 0 Å². The van der Waals surface area contributed by atoms with Gasteiger partial charge in [0.25, 0.3) is 0 Å². The van der Waals surface area contributed by atoms with Crippen LogP contribution in [0, 0.1) is 0 Å². The Morgan fingerprint density at radius 1 is 1.43 bits per heavy atom. The fraction of sp³-hybridized carbons (Fsp3) is 0.800. The minimum Gasteiger partial charge on any atom is -0.383 e. The zero-order valence-corrected chi connectivity index (χ0v) is 9.24. The highest BCUT2D eigenvalue weighted by Crippen LogP contribution is 1.99. The second-order valence-corrected chi connectivity index (χ2v) is 3.12. The van der Waals surface area contributed by atoms with Gasteiger partial charge >= 0.3 is 0 Å². The first-order chi connectivity index (χ1) is 6.79. The molecule has 0 saturated heterocycles. The quantitative estimate of drug-likeness (QED) is 0.539. The Morgan fingerprint density at radius 3 is 2.57 bits per heavy atom. The monoisotopic (exact) mass is 202 g/mol. The van der Waals surface area contributed by atoms with Crippen LogP contribution in [0.3, 0.4) is 0 Å². The smallest absolute Gasteiger partial charge is 0.0630 e. The summed E-state index contributed by atoms with van der Waals surface area (Å²) in [6.07, 6.45) is 1.87. The number of nitrogens with two attached hydrogens (primary N) is 1. The van der Waals surface area contributed by atoms with Gasteiger partial charge < -0.3 is 15.2 Å². The fourth-order valence-electron chi connectivity index (χ4n) is 1.31. The molecule has 0 aliphatic heterocycles. The highest BCUT2D eigenvalue weighted by Gasteiger charge is 2.14. The van der Waals surface area contributed by atoms with E-state index in [4.69, 9.17) is 15.2 Å². The van der Waals surface area contributed by atoms with Crippen molar-refractivity contribution < 1.29 is 9.47 Å². The second kappa shape index (κ2) is 9.15. The third kappa shape index (κ3) is 5.34. The van der Waals surface area contributed by atoms with Gasteiger partial charge in [-0.05, 0) is 0 Å². The predicted octanol–water partition coefficient (Wildman–Crippen LogP) is 0.0945. The van der Waals surface area contributed by atoms with Crippen LogP contribution < -0.4 is 5.73 Å². The molecule has 0 aromatic carbocycles. The zero-order chi connectivity index (χ0) is 10.8. The van der Waals surface area contributed by atoms with Gasteiger partial charge in [-0.15, -0.1) is 6.58 Å². The van der Waals surface area contributed by atoms with Gasteiger partial charge in [0.15, 0.2) is 0 Å². The molecule has 0 aromatic heterocycles. The lowest BCUT2D eigenvalue weighted by molar-refractivity contribution is 0.0782. The molecule has 0 bridgehead atoms. The predicted molar refractivity (Wildman–Crippen MR) is 58.4 cm³/mol. The lowest BCUT2D eigenvalue weighted by Gasteiger charge is -2.28. The highest BCUT2D eigenvalue weighted by atomic mass is 16.5. The Hall–Kier alpha value is -0.420. The number of hydrogen-bond acceptors (Lipinski definition) is 4. The maximum Gasteiger partial charge on any atom is 0.0630 e. The molecule has 0 aliphatic rings. The van der Waals surface area contributed by atoms with Crippen LogP contribution in [0.2, 0.25) is 0 Å². The largest absolute Gasteiger partial charge is 0.383 e. The summed E-state index contributed by atoms with van der Waals surface area (Å²) in [6, 6.07) is 0.244. The van der Waals surface area contributed by atoms with E-state index >= 15 is 0 Å². The van der Waals surface area contributed by atoms with Crippen molar-refractivity contribution in [3.05, 3.63) is 12.7 Å². The molecule has 0 radical (unpaired) electrons. The van der Waals surface area contributed by atoms with Gasteiger partial charge in [-0.1, -0.05) is 6.08 Å². The summed E-state index contributed by atoms with van der Waals surface area (Å²) in [6.45, 7) is 7.33. The van der Waals surface area contributed by atoms with Crippen molar-refractivity contribution in [1.82, 2.24) is 4.90 Å². The van der Waals surface area contributed by atoms with Gasteiger partial charge in [0.05, 0.1) is 13.2 Å². The molecule has 1 unspecified atom stereocenters. The molecule has 14 heavy (non-hydrogen) atoms. The Labute approximate surface area is 86.7 Å². The second-order valence-electron chi connectivity index (χ2n) is 3.12. The van der Waals surface area contributed by atoms with E-state index in [1.54, 1.807) is 14.2 Å². The van der Waals surface area contributed by atoms with Crippen molar-refractivity contribution >= 4 is 0 Å². The first-order valence-corrected chi connectivity index (χ1v) is 4.83. The standard InChI is InChI=1S/C10H22N2O2/c1-4-5-12(6-7-13-2)10(8-11)9-14-3/h4,10H,1,5-9,11H2,2-3H3. The third-order valence-electron chi connectivity index (χ3n) is 2.09. The average molecular weight is 202 g/mol. The van der Waals surface area contributed by atoms with E-state index in [0.717, 1.165) is 13.1 Å². The molecule has 0 heterocycles. The van der Waals surface area contributed by atoms with Crippen LogP contribution >= 0.6 is 0 Å². The molecule has 4 nitrogen and oxygen atoms in total. The number of methoxy groups -OCH3 is 2. The van der Waals surface area contributed by atoms with Crippen molar-refractivity contribution in [3.8, 4) is 0 Å². The first-order valence-electron chi connectivity index (χ1n) is 4.83. The van der Waals surface area contributed by atoms with E-state index < -0.39 is 0 Å². The number of ether oxygens (including phenoxy) is 2. The minimum absolute atomic E-state index is 0.244. The highest BCUT2D eigenvalue weighted by molar-refractivity contribution is 4.79. The van der Waals surface area contributed by atoms with Gasteiger partial charge in [0.2, 0.25) is 0 Å². The van der Waals surface area contributed by atoms with Crippen molar-refractivity contribution in [2.45, 2.75) is 6.04 Å². The van der Waals surface area contributed by atoms with Crippen LogP contribution in [-0.4, -0.2) is 58.0 Å². The van der Waals surface area contributed by atoms with Gasteiger partial charge in [-0.25, -0.2) is 0 Å². The molecule has 0 spiro atoms. The lowest BCUT2D eigenvalue weighted by atomic mass is 10.2. The summed E-state index contributed by atoms with van der Waals surface area (Å²) >= 11 is 0. The van der Waals surface area contributed by atoms with E-state index in [-0.39, 0.29) is 6.04 Å². The first kappa shape index (κ1) is 13.6. The molecule has 84 valence electrons. The minimum atomic E-state index is 0.244. The molecule has 0 saturated carbocycles. The SMILES string of the molecule is C=CCN(CCOC)C(CN)COC. The van der Waals surface area contributed by atoms with Crippen LogP contribution in [0.1, 0.15) is 0 Å². The van der Waals surface area contributed by atoms with Gasteiger partial charge in [0.1, 0.15) is 0 Å². The summed E-state index contributed by atoms with van der Waals surface area (Å²) in [5.41, 5.74) is 5.66. The molecule has 0 aliphatic carbocycles. The van der Waals surface area contributed by atoms with E-state index in [0.29, 0.717) is 19.8 Å². The van der Waals surface area contributed by atoms with Crippen LogP contribution in [0.25, 0.3) is 0 Å². The van der Waals surface area contributed by atoms with Crippen molar-refractivity contribution in [3.63, 3.8) is 0 Å². The van der Waals surface area contributed by atoms with Crippen LogP contribution in [-0.2, 0) is 9.47 Å². The summed E-state index contributed by atoms with van der Waals surface area (Å²) in [7, 11) is 3.38. The van der Waals surface area contributed by atoms with Crippen molar-refractivity contribution in [2.24, 2.45) is 5.73 Å². The van der Waals surface area contributed by atoms with E-state index in [1.807, 2.05) is 6.08 Å². The maximum atomic E-state index is 5.66. The normalized spacial score (nSPS) is 13.1. The molecule has 0 aromatic rings. The summed E-state index contributed by atoms with van der Waals surface area (Å²) in [5.74, 6) is 0. The Bertz CT molecular complexity index is 142. The molecule has 0 rings (SSSR count). The molecular formula is C10H22N2O2. The topological polar surface area (TPSA) is 47.7 Å². The molecule has 0 amide bonds. The number of rotatable bonds is 9. The van der Waals surface area contributed by atoms with Gasteiger partial charge in [0, 0.05) is 39.9 Å². The maximum absolute atomic E-state index is 5.66. The third-order valence-corrected chi connectivity index (χ3v) is 2.09. The van der Waals surface area contributed by atoms with Gasteiger partial charge in [-0.2, -0.15) is 0 Å². The molecular weight excluding hydrogens is 180 g/mol. The number of nitrogens with zero attached hydrogens (tertiary/aromatic N) is 1. The average Bonchev–Trinajstić information content (AvgIpc) is 2.21. The lowest BCUT2D eigenvalue weighted by Crippen LogP contribution is -2.45. The van der Waals surface area contributed by atoms with E-state index in [9.17, 15) is 0 Å². The Kier molecular flexibility index (Phi) is 8.87. The van der Waals surface area contributed by atoms with Crippen LogP contribution in [0.4, 0.5) is 0 Å². The molecule has 4 heteroatoms. The van der Waals surface area contributed by atoms with Crippen molar-refractivity contribution in [2.75, 3.05) is 47.1 Å². The number of hydrogen-bond donors (Lipinski definition) is 1. The zero-order valence-electron chi connectivity index (χ0n) is 9.24. The summed E-state index contributed by atoms with van der Waals surface area (Å²) < 4.78 is 10.1. The molecule has 1 atom stereocenters. The van der Waals surface area contributed by atoms with E-state index in [2.05, 4.69) is 11.5 Å². The fourth-order valence-corrected chi connectivity index (χ4v) is 1.31. The molecule has 0 fully saturated rings. The molecule has 2 N–H and O–H groups in total. The summed E-state index contributed by atoms with van der Waals surface area (Å²) in [5, 5.41) is 0. The Balaban J connectivity index is 4.04. The van der Waals surface area contributed by atoms with Crippen LogP contribution in [0.5, 0.6) is 0 Å². The van der Waals surface area contributed by atoms with Gasteiger partial charge in [-0.3, -0.25) is 4.90 Å². The van der Waals surface area contributed by atoms with Crippen molar-refractivity contribution in [1.29, 1.82) is 0 Å². The summed E-state index contributed by atoms with van der Waals surface area (Å²) in [4.78, 5) is 2.21. The Morgan fingerprint density at radius 2 is 2.14 bits per heavy atom. The van der Waals surface area contributed by atoms with Crippen LogP contribution in [0.15, 0.2) is 12.7 Å².